The molecule has 17 heavy (non-hydrogen) atoms. The Morgan fingerprint density at radius 1 is 1.35 bits per heavy atom. The third kappa shape index (κ3) is 3.16. The van der Waals surface area contributed by atoms with Gasteiger partial charge in [-0.05, 0) is 36.7 Å². The first-order valence-electron chi connectivity index (χ1n) is 5.66. The summed E-state index contributed by atoms with van der Waals surface area (Å²) in [5.74, 6) is 0. The molecule has 0 spiro atoms. The van der Waals surface area contributed by atoms with Crippen molar-refractivity contribution in [3.63, 3.8) is 0 Å². The Labute approximate surface area is 105 Å². The highest BCUT2D eigenvalue weighted by Gasteiger charge is 2.03. The number of halogens is 1. The molecule has 2 N–H and O–H groups in total. The van der Waals surface area contributed by atoms with Gasteiger partial charge in [0, 0.05) is 29.8 Å². The Morgan fingerprint density at radius 3 is 3.06 bits per heavy atom. The minimum Gasteiger partial charge on any atom is -0.396 e. The zero-order chi connectivity index (χ0) is 12.1. The van der Waals surface area contributed by atoms with Gasteiger partial charge in [-0.2, -0.15) is 0 Å². The van der Waals surface area contributed by atoms with E-state index in [9.17, 15) is 0 Å². The quantitative estimate of drug-likeness (QED) is 0.801. The summed E-state index contributed by atoms with van der Waals surface area (Å²) in [6.07, 6.45) is 2.54. The SMILES string of the molecule is OCCCNCc1cc(Cl)cc2cccnc12. The molecule has 0 saturated heterocycles. The van der Waals surface area contributed by atoms with Crippen LogP contribution in [0, 0.1) is 0 Å². The fraction of sp³-hybridized carbons (Fsp3) is 0.308. The van der Waals surface area contributed by atoms with Crippen molar-refractivity contribution in [3.05, 3.63) is 41.0 Å². The molecule has 2 aromatic rings. The average Bonchev–Trinajstić information content (AvgIpc) is 2.34. The predicted molar refractivity (Wildman–Crippen MR) is 70.2 cm³/mol. The van der Waals surface area contributed by atoms with Crippen molar-refractivity contribution in [2.24, 2.45) is 0 Å². The normalized spacial score (nSPS) is 10.9. The molecule has 0 saturated carbocycles. The van der Waals surface area contributed by atoms with Crippen molar-refractivity contribution in [2.45, 2.75) is 13.0 Å². The summed E-state index contributed by atoms with van der Waals surface area (Å²) in [5.41, 5.74) is 2.07. The van der Waals surface area contributed by atoms with E-state index in [-0.39, 0.29) is 6.61 Å². The molecule has 0 aliphatic heterocycles. The Hall–Kier alpha value is -1.16. The highest BCUT2D eigenvalue weighted by Crippen LogP contribution is 2.21. The van der Waals surface area contributed by atoms with Gasteiger partial charge in [-0.3, -0.25) is 4.98 Å². The van der Waals surface area contributed by atoms with Crippen LogP contribution in [0.15, 0.2) is 30.5 Å². The second-order valence-corrected chi connectivity index (χ2v) is 4.33. The van der Waals surface area contributed by atoms with Gasteiger partial charge >= 0.3 is 0 Å². The largest absolute Gasteiger partial charge is 0.396 e. The van der Waals surface area contributed by atoms with Crippen molar-refractivity contribution in [2.75, 3.05) is 13.2 Å². The number of hydrogen-bond acceptors (Lipinski definition) is 3. The van der Waals surface area contributed by atoms with E-state index in [0.717, 1.165) is 34.5 Å². The minimum atomic E-state index is 0.210. The number of nitrogens with one attached hydrogen (secondary N) is 1. The number of fused-ring (bicyclic) bond motifs is 1. The Bertz CT molecular complexity index is 502. The molecule has 3 nitrogen and oxygen atoms in total. The summed E-state index contributed by atoms with van der Waals surface area (Å²) >= 11 is 6.07. The molecular formula is C13H15ClN2O. The highest BCUT2D eigenvalue weighted by molar-refractivity contribution is 6.31. The number of aliphatic hydroxyl groups is 1. The van der Waals surface area contributed by atoms with Crippen LogP contribution in [0.3, 0.4) is 0 Å². The summed E-state index contributed by atoms with van der Waals surface area (Å²) in [6.45, 7) is 1.72. The van der Waals surface area contributed by atoms with Gasteiger partial charge in [0.2, 0.25) is 0 Å². The number of aromatic nitrogens is 1. The van der Waals surface area contributed by atoms with Crippen LogP contribution in [0.2, 0.25) is 5.02 Å². The molecule has 1 heterocycles. The lowest BCUT2D eigenvalue weighted by atomic mass is 10.1. The number of rotatable bonds is 5. The van der Waals surface area contributed by atoms with Crippen LogP contribution in [-0.4, -0.2) is 23.2 Å². The van der Waals surface area contributed by atoms with E-state index in [0.29, 0.717) is 6.54 Å². The molecule has 0 aliphatic rings. The van der Waals surface area contributed by atoms with Gasteiger partial charge in [-0.15, -0.1) is 0 Å². The maximum atomic E-state index is 8.71. The van der Waals surface area contributed by atoms with E-state index in [1.807, 2.05) is 24.3 Å². The average molecular weight is 251 g/mol. The van der Waals surface area contributed by atoms with Crippen molar-refractivity contribution in [3.8, 4) is 0 Å². The first-order valence-corrected chi connectivity index (χ1v) is 6.04. The third-order valence-electron chi connectivity index (χ3n) is 2.58. The molecule has 2 rings (SSSR count). The number of pyridine rings is 1. The standard InChI is InChI=1S/C13H15ClN2O/c14-12-7-10-3-1-5-16-13(10)11(8-12)9-15-4-2-6-17/h1,3,5,7-8,15,17H,2,4,6,9H2. The molecule has 1 aromatic carbocycles. The number of benzene rings is 1. The van der Waals surface area contributed by atoms with Crippen LogP contribution in [-0.2, 0) is 6.54 Å². The second kappa shape index (κ2) is 5.96. The fourth-order valence-electron chi connectivity index (χ4n) is 1.79. The zero-order valence-corrected chi connectivity index (χ0v) is 10.2. The van der Waals surface area contributed by atoms with Crippen molar-refractivity contribution in [1.29, 1.82) is 0 Å². The second-order valence-electron chi connectivity index (χ2n) is 3.89. The summed E-state index contributed by atoms with van der Waals surface area (Å²) in [6, 6.07) is 7.76. The third-order valence-corrected chi connectivity index (χ3v) is 2.79. The minimum absolute atomic E-state index is 0.210. The number of hydrogen-bond donors (Lipinski definition) is 2. The van der Waals surface area contributed by atoms with Crippen molar-refractivity contribution < 1.29 is 5.11 Å². The molecular weight excluding hydrogens is 236 g/mol. The van der Waals surface area contributed by atoms with Gasteiger partial charge in [0.1, 0.15) is 0 Å². The molecule has 90 valence electrons. The first kappa shape index (κ1) is 12.3. The van der Waals surface area contributed by atoms with Crippen LogP contribution >= 0.6 is 11.6 Å². The zero-order valence-electron chi connectivity index (χ0n) is 9.49. The van der Waals surface area contributed by atoms with Gasteiger partial charge in [-0.1, -0.05) is 17.7 Å². The van der Waals surface area contributed by atoms with E-state index in [1.165, 1.54) is 0 Å². The molecule has 1 aromatic heterocycles. The maximum absolute atomic E-state index is 8.71. The van der Waals surface area contributed by atoms with Crippen molar-refractivity contribution >= 4 is 22.5 Å². The number of nitrogens with zero attached hydrogens (tertiary/aromatic N) is 1. The maximum Gasteiger partial charge on any atom is 0.0747 e. The Morgan fingerprint density at radius 2 is 2.24 bits per heavy atom. The Kier molecular flexibility index (Phi) is 4.31. The molecule has 4 heteroatoms. The summed E-state index contributed by atoms with van der Waals surface area (Å²) in [4.78, 5) is 4.37. The van der Waals surface area contributed by atoms with Gasteiger partial charge < -0.3 is 10.4 Å². The van der Waals surface area contributed by atoms with Gasteiger partial charge in [0.25, 0.3) is 0 Å². The van der Waals surface area contributed by atoms with Crippen LogP contribution in [0.25, 0.3) is 10.9 Å². The highest BCUT2D eigenvalue weighted by atomic mass is 35.5. The van der Waals surface area contributed by atoms with E-state index >= 15 is 0 Å². The molecule has 0 atom stereocenters. The van der Waals surface area contributed by atoms with E-state index in [1.54, 1.807) is 6.20 Å². The van der Waals surface area contributed by atoms with Gasteiger partial charge in [0.05, 0.1) is 5.52 Å². The van der Waals surface area contributed by atoms with Crippen LogP contribution in [0.5, 0.6) is 0 Å². The molecule has 0 unspecified atom stereocenters. The van der Waals surface area contributed by atoms with Gasteiger partial charge in [0.15, 0.2) is 0 Å². The summed E-state index contributed by atoms with van der Waals surface area (Å²) in [5, 5.41) is 13.8. The predicted octanol–water partition coefficient (Wildman–Crippen LogP) is 2.36. The summed E-state index contributed by atoms with van der Waals surface area (Å²) in [7, 11) is 0. The molecule has 0 bridgehead atoms. The van der Waals surface area contributed by atoms with Gasteiger partial charge in [-0.25, -0.2) is 0 Å². The van der Waals surface area contributed by atoms with E-state index < -0.39 is 0 Å². The van der Waals surface area contributed by atoms with Crippen LogP contribution < -0.4 is 5.32 Å². The molecule has 0 radical (unpaired) electrons. The van der Waals surface area contributed by atoms with E-state index in [2.05, 4.69) is 10.3 Å². The first-order chi connectivity index (χ1) is 8.31. The lowest BCUT2D eigenvalue weighted by Gasteiger charge is -2.08. The molecule has 0 aliphatic carbocycles. The monoisotopic (exact) mass is 250 g/mol. The van der Waals surface area contributed by atoms with Crippen molar-refractivity contribution in [1.82, 2.24) is 10.3 Å². The Balaban J connectivity index is 2.20. The summed E-state index contributed by atoms with van der Waals surface area (Å²) < 4.78 is 0. The lowest BCUT2D eigenvalue weighted by Crippen LogP contribution is -2.16. The van der Waals surface area contributed by atoms with E-state index in [4.69, 9.17) is 16.7 Å². The fourth-order valence-corrected chi connectivity index (χ4v) is 2.04. The number of aliphatic hydroxyl groups excluding tert-OH is 1. The molecule has 0 fully saturated rings. The smallest absolute Gasteiger partial charge is 0.0747 e. The van der Waals surface area contributed by atoms with Crippen LogP contribution in [0.1, 0.15) is 12.0 Å². The lowest BCUT2D eigenvalue weighted by molar-refractivity contribution is 0.286. The van der Waals surface area contributed by atoms with Crippen LogP contribution in [0.4, 0.5) is 0 Å². The molecule has 0 amide bonds. The topological polar surface area (TPSA) is 45.1 Å².